The summed E-state index contributed by atoms with van der Waals surface area (Å²) in [4.78, 5) is 36.5. The summed E-state index contributed by atoms with van der Waals surface area (Å²) < 4.78 is 0. The molecule has 0 saturated heterocycles. The van der Waals surface area contributed by atoms with Gasteiger partial charge in [0, 0.05) is 17.5 Å². The molecule has 0 spiro atoms. The first kappa shape index (κ1) is 16.7. The quantitative estimate of drug-likeness (QED) is 0.643. The highest BCUT2D eigenvalue weighted by Crippen LogP contribution is 2.18. The van der Waals surface area contributed by atoms with Gasteiger partial charge in [-0.25, -0.2) is 0 Å². The van der Waals surface area contributed by atoms with E-state index in [1.165, 1.54) is 24.7 Å². The number of ketones is 1. The van der Waals surface area contributed by atoms with E-state index in [-0.39, 0.29) is 11.8 Å². The summed E-state index contributed by atoms with van der Waals surface area (Å²) in [6, 6.07) is 3.82. The van der Waals surface area contributed by atoms with Crippen LogP contribution in [0.5, 0.6) is 0 Å². The van der Waals surface area contributed by atoms with Crippen molar-refractivity contribution in [1.29, 1.82) is 0 Å². The number of nitrogens with one attached hydrogen (secondary N) is 2. The molecule has 0 aromatic carbocycles. The maximum Gasteiger partial charge on any atom is 0.309 e. The maximum atomic E-state index is 11.8. The molecule has 2 amide bonds. The van der Waals surface area contributed by atoms with Gasteiger partial charge in [0.15, 0.2) is 5.78 Å². The van der Waals surface area contributed by atoms with Gasteiger partial charge in [-0.15, -0.1) is 11.3 Å². The molecule has 1 aliphatic carbocycles. The fourth-order valence-electron chi connectivity index (χ4n) is 2.58. The van der Waals surface area contributed by atoms with Crippen molar-refractivity contribution in [2.24, 2.45) is 0 Å². The molecule has 2 rings (SSSR count). The normalized spacial score (nSPS) is 15.3. The number of carbonyl (C=O) groups excluding carboxylic acids is 3. The van der Waals surface area contributed by atoms with Crippen molar-refractivity contribution in [2.45, 2.75) is 51.5 Å². The Morgan fingerprint density at radius 2 is 1.86 bits per heavy atom. The van der Waals surface area contributed by atoms with Crippen molar-refractivity contribution in [3.63, 3.8) is 0 Å². The first-order valence-electron chi connectivity index (χ1n) is 7.74. The molecule has 0 bridgehead atoms. The molecule has 6 heteroatoms. The number of hydrogen-bond acceptors (Lipinski definition) is 4. The molecule has 0 radical (unpaired) electrons. The summed E-state index contributed by atoms with van der Waals surface area (Å²) in [6.07, 6.45) is 5.99. The van der Waals surface area contributed by atoms with E-state index < -0.39 is 11.8 Å². The Hall–Kier alpha value is -1.69. The Kier molecular flexibility index (Phi) is 6.12. The van der Waals surface area contributed by atoms with Crippen LogP contribution in [0.25, 0.3) is 0 Å². The van der Waals surface area contributed by atoms with E-state index in [2.05, 4.69) is 10.6 Å². The fraction of sp³-hybridized carbons (Fsp3) is 0.562. The van der Waals surface area contributed by atoms with Gasteiger partial charge in [0.1, 0.15) is 0 Å². The van der Waals surface area contributed by atoms with Crippen LogP contribution in [0.3, 0.4) is 0 Å². The smallest absolute Gasteiger partial charge is 0.309 e. The molecule has 0 unspecified atom stereocenters. The number of Topliss-reactive ketones (excluding diaryl/α,β-unsaturated/α-hetero) is 1. The Labute approximate surface area is 134 Å². The highest BCUT2D eigenvalue weighted by molar-refractivity contribution is 7.14. The largest absolute Gasteiger partial charge is 0.347 e. The third-order valence-electron chi connectivity index (χ3n) is 3.81. The summed E-state index contributed by atoms with van der Waals surface area (Å²) in [5.41, 5.74) is 0. The monoisotopic (exact) mass is 322 g/mol. The minimum absolute atomic E-state index is 0.0483. The maximum absolute atomic E-state index is 11.8. The Morgan fingerprint density at radius 1 is 1.14 bits per heavy atom. The third-order valence-corrected chi connectivity index (χ3v) is 5.06. The van der Waals surface area contributed by atoms with Gasteiger partial charge in [0.25, 0.3) is 0 Å². The number of hydrogen-bond donors (Lipinski definition) is 2. The molecule has 1 aromatic heterocycles. The zero-order valence-corrected chi connectivity index (χ0v) is 13.6. The van der Waals surface area contributed by atoms with Crippen LogP contribution in [0.1, 0.15) is 53.6 Å². The predicted molar refractivity (Wildman–Crippen MR) is 86.1 cm³/mol. The molecule has 1 aromatic rings. The van der Waals surface area contributed by atoms with Gasteiger partial charge in [-0.1, -0.05) is 19.3 Å². The highest BCUT2D eigenvalue weighted by atomic mass is 32.1. The fourth-order valence-corrected chi connectivity index (χ4v) is 3.48. The Morgan fingerprint density at radius 3 is 2.50 bits per heavy atom. The second-order valence-electron chi connectivity index (χ2n) is 5.64. The van der Waals surface area contributed by atoms with Crippen LogP contribution in [0.4, 0.5) is 0 Å². The minimum Gasteiger partial charge on any atom is -0.347 e. The molecule has 1 heterocycles. The average molecular weight is 322 g/mol. The number of amides is 2. The van der Waals surface area contributed by atoms with Gasteiger partial charge < -0.3 is 10.6 Å². The Bertz CT molecular complexity index is 547. The molecule has 1 saturated carbocycles. The highest BCUT2D eigenvalue weighted by Gasteiger charge is 2.19. The molecule has 5 nitrogen and oxygen atoms in total. The molecule has 0 atom stereocenters. The number of rotatable bonds is 5. The lowest BCUT2D eigenvalue weighted by molar-refractivity contribution is -0.139. The van der Waals surface area contributed by atoms with Gasteiger partial charge in [0.2, 0.25) is 0 Å². The minimum atomic E-state index is -0.575. The second-order valence-corrected chi connectivity index (χ2v) is 6.80. The van der Waals surface area contributed by atoms with Crippen molar-refractivity contribution in [1.82, 2.24) is 10.6 Å². The van der Waals surface area contributed by atoms with Crippen LogP contribution in [0.2, 0.25) is 0 Å². The zero-order chi connectivity index (χ0) is 15.9. The van der Waals surface area contributed by atoms with Crippen LogP contribution < -0.4 is 10.6 Å². The van der Waals surface area contributed by atoms with Crippen LogP contribution in [0, 0.1) is 0 Å². The molecule has 2 N–H and O–H groups in total. The zero-order valence-electron chi connectivity index (χ0n) is 12.8. The van der Waals surface area contributed by atoms with Crippen molar-refractivity contribution in [3.8, 4) is 0 Å². The van der Waals surface area contributed by atoms with Crippen LogP contribution in [0.15, 0.2) is 12.1 Å². The van der Waals surface area contributed by atoms with E-state index in [1.54, 1.807) is 6.07 Å². The van der Waals surface area contributed by atoms with Gasteiger partial charge in [-0.3, -0.25) is 14.4 Å². The summed E-state index contributed by atoms with van der Waals surface area (Å²) >= 11 is 1.43. The first-order valence-corrected chi connectivity index (χ1v) is 8.56. The number of carbonyl (C=O) groups is 3. The summed E-state index contributed by atoms with van der Waals surface area (Å²) in [6.45, 7) is 1.93. The van der Waals surface area contributed by atoms with E-state index in [0.717, 1.165) is 35.4 Å². The van der Waals surface area contributed by atoms with Gasteiger partial charge in [0.05, 0.1) is 4.88 Å². The van der Waals surface area contributed by atoms with E-state index in [4.69, 9.17) is 0 Å². The van der Waals surface area contributed by atoms with E-state index in [1.807, 2.05) is 6.07 Å². The lowest BCUT2D eigenvalue weighted by atomic mass is 9.95. The van der Waals surface area contributed by atoms with Gasteiger partial charge >= 0.3 is 11.8 Å². The topological polar surface area (TPSA) is 75.3 Å². The summed E-state index contributed by atoms with van der Waals surface area (Å²) in [7, 11) is 0. The predicted octanol–water partition coefficient (Wildman–Crippen LogP) is 2.06. The lowest BCUT2D eigenvalue weighted by Crippen LogP contribution is -2.45. The summed E-state index contributed by atoms with van der Waals surface area (Å²) in [5, 5.41) is 5.42. The van der Waals surface area contributed by atoms with Gasteiger partial charge in [-0.2, -0.15) is 0 Å². The van der Waals surface area contributed by atoms with Crippen molar-refractivity contribution >= 4 is 28.9 Å². The molecule has 22 heavy (non-hydrogen) atoms. The van der Waals surface area contributed by atoms with Gasteiger partial charge in [-0.05, 0) is 38.3 Å². The molecule has 120 valence electrons. The molecule has 1 aliphatic rings. The molecule has 1 fully saturated rings. The van der Waals surface area contributed by atoms with Crippen LogP contribution in [-0.4, -0.2) is 30.2 Å². The lowest BCUT2D eigenvalue weighted by Gasteiger charge is -2.22. The van der Waals surface area contributed by atoms with Crippen molar-refractivity contribution in [3.05, 3.63) is 21.9 Å². The van der Waals surface area contributed by atoms with Crippen molar-refractivity contribution < 1.29 is 14.4 Å². The van der Waals surface area contributed by atoms with Crippen LogP contribution in [-0.2, 0) is 16.0 Å². The van der Waals surface area contributed by atoms with Crippen LogP contribution >= 0.6 is 11.3 Å². The standard InChI is InChI=1S/C16H22N2O3S/c1-11(19)14-8-7-13(22-14)9-10-17-15(20)16(21)18-12-5-3-2-4-6-12/h7-8,12H,2-6,9-10H2,1H3,(H,17,20)(H,18,21). The second kappa shape index (κ2) is 8.08. The first-order chi connectivity index (χ1) is 10.6. The summed E-state index contributed by atoms with van der Waals surface area (Å²) in [5.74, 6) is -1.07. The molecular formula is C16H22N2O3S. The van der Waals surface area contributed by atoms with E-state index in [0.29, 0.717) is 13.0 Å². The van der Waals surface area contributed by atoms with E-state index in [9.17, 15) is 14.4 Å². The Balaban J connectivity index is 1.69. The SMILES string of the molecule is CC(=O)c1ccc(CCNC(=O)C(=O)NC2CCCCC2)s1. The van der Waals surface area contributed by atoms with Crippen molar-refractivity contribution in [2.75, 3.05) is 6.54 Å². The van der Waals surface area contributed by atoms with E-state index >= 15 is 0 Å². The third kappa shape index (κ3) is 4.94. The molecule has 0 aliphatic heterocycles. The molecular weight excluding hydrogens is 300 g/mol. The number of thiophene rings is 1. The average Bonchev–Trinajstić information content (AvgIpc) is 2.97.